The second-order valence-electron chi connectivity index (χ2n) is 4.54. The fourth-order valence-electron chi connectivity index (χ4n) is 1.89. The van der Waals surface area contributed by atoms with Gasteiger partial charge in [0.05, 0.1) is 12.4 Å². The molecule has 0 aromatic carbocycles. The quantitative estimate of drug-likeness (QED) is 0.885. The topological polar surface area (TPSA) is 75.2 Å². The van der Waals surface area contributed by atoms with Gasteiger partial charge in [0.15, 0.2) is 0 Å². The van der Waals surface area contributed by atoms with Gasteiger partial charge in [-0.25, -0.2) is 18.4 Å². The lowest BCUT2D eigenvalue weighted by molar-refractivity contribution is 0.434. The fraction of sp³-hybridized carbons (Fsp3) is 0.667. The van der Waals surface area contributed by atoms with Gasteiger partial charge in [0.1, 0.15) is 4.90 Å². The summed E-state index contributed by atoms with van der Waals surface area (Å²) in [5, 5.41) is 3.03. The van der Waals surface area contributed by atoms with Crippen LogP contribution in [0.4, 0.5) is 5.95 Å². The minimum Gasteiger partial charge on any atom is -0.354 e. The highest BCUT2D eigenvalue weighted by Gasteiger charge is 2.25. The van der Waals surface area contributed by atoms with E-state index in [0.29, 0.717) is 19.0 Å². The number of hydrogen-bond acceptors (Lipinski definition) is 6. The van der Waals surface area contributed by atoms with Gasteiger partial charge in [-0.1, -0.05) is 6.92 Å². The number of thioether (sulfide) groups is 1. The van der Waals surface area contributed by atoms with Crippen molar-refractivity contribution in [2.45, 2.75) is 24.7 Å². The monoisotopic (exact) mass is 316 g/mol. The summed E-state index contributed by atoms with van der Waals surface area (Å²) in [7, 11) is -3.46. The van der Waals surface area contributed by atoms with Crippen LogP contribution >= 0.6 is 11.8 Å². The van der Waals surface area contributed by atoms with Crippen LogP contribution in [0.1, 0.15) is 19.8 Å². The third-order valence-corrected chi connectivity index (χ3v) is 5.88. The largest absolute Gasteiger partial charge is 0.354 e. The van der Waals surface area contributed by atoms with E-state index >= 15 is 0 Å². The molecule has 0 bridgehead atoms. The van der Waals surface area contributed by atoms with Gasteiger partial charge in [-0.15, -0.1) is 0 Å². The molecule has 8 heteroatoms. The van der Waals surface area contributed by atoms with E-state index in [1.54, 1.807) is 11.8 Å². The molecule has 0 radical (unpaired) electrons. The van der Waals surface area contributed by atoms with Gasteiger partial charge < -0.3 is 5.32 Å². The van der Waals surface area contributed by atoms with Crippen LogP contribution in [-0.2, 0) is 10.0 Å². The Balaban J connectivity index is 2.12. The number of aromatic nitrogens is 2. The number of anilines is 1. The highest BCUT2D eigenvalue weighted by Crippen LogP contribution is 2.19. The standard InChI is InChI=1S/C12H20N4O2S2/c1-2-4-13-12-14-9-11(10-15-12)20(17,18)16-5-3-7-19-8-6-16/h9-10H,2-8H2,1H3,(H,13,14,15). The van der Waals surface area contributed by atoms with Crippen LogP contribution in [0.25, 0.3) is 0 Å². The van der Waals surface area contributed by atoms with E-state index in [9.17, 15) is 8.42 Å². The van der Waals surface area contributed by atoms with Crippen LogP contribution in [-0.4, -0.2) is 53.8 Å². The van der Waals surface area contributed by atoms with Gasteiger partial charge in [0, 0.05) is 25.4 Å². The van der Waals surface area contributed by atoms with Crippen molar-refractivity contribution in [3.05, 3.63) is 12.4 Å². The molecule has 2 rings (SSSR count). The lowest BCUT2D eigenvalue weighted by Gasteiger charge is -2.19. The molecular weight excluding hydrogens is 296 g/mol. The molecule has 1 aliphatic rings. The molecule has 6 nitrogen and oxygen atoms in total. The molecule has 2 heterocycles. The third kappa shape index (κ3) is 3.83. The van der Waals surface area contributed by atoms with Gasteiger partial charge >= 0.3 is 0 Å². The molecule has 112 valence electrons. The Morgan fingerprint density at radius 3 is 2.75 bits per heavy atom. The van der Waals surface area contributed by atoms with Crippen molar-refractivity contribution >= 4 is 27.7 Å². The summed E-state index contributed by atoms with van der Waals surface area (Å²) in [5.74, 6) is 2.33. The van der Waals surface area contributed by atoms with Crippen molar-refractivity contribution in [2.24, 2.45) is 0 Å². The molecule has 1 saturated heterocycles. The van der Waals surface area contributed by atoms with Crippen LogP contribution in [0.2, 0.25) is 0 Å². The smallest absolute Gasteiger partial charge is 0.246 e. The van der Waals surface area contributed by atoms with Crippen LogP contribution in [0.15, 0.2) is 17.3 Å². The highest BCUT2D eigenvalue weighted by atomic mass is 32.2. The lowest BCUT2D eigenvalue weighted by atomic mass is 10.5. The van der Waals surface area contributed by atoms with Crippen molar-refractivity contribution in [1.29, 1.82) is 0 Å². The Morgan fingerprint density at radius 1 is 1.30 bits per heavy atom. The summed E-state index contributed by atoms with van der Waals surface area (Å²) < 4.78 is 26.5. The molecule has 0 spiro atoms. The molecular formula is C12H20N4O2S2. The zero-order chi connectivity index (χ0) is 14.4. The van der Waals surface area contributed by atoms with Crippen molar-refractivity contribution in [3.63, 3.8) is 0 Å². The Kier molecular flexibility index (Phi) is 5.62. The molecule has 1 aromatic heterocycles. The first-order valence-electron chi connectivity index (χ1n) is 6.78. The first-order chi connectivity index (χ1) is 9.64. The number of hydrogen-bond donors (Lipinski definition) is 1. The van der Waals surface area contributed by atoms with Crippen molar-refractivity contribution in [1.82, 2.24) is 14.3 Å². The van der Waals surface area contributed by atoms with E-state index in [0.717, 1.165) is 30.9 Å². The van der Waals surface area contributed by atoms with Gasteiger partial charge in [0.2, 0.25) is 16.0 Å². The predicted octanol–water partition coefficient (Wildman–Crippen LogP) is 1.43. The summed E-state index contributed by atoms with van der Waals surface area (Å²) in [6.07, 6.45) is 4.63. The second-order valence-corrected chi connectivity index (χ2v) is 7.70. The molecule has 20 heavy (non-hydrogen) atoms. The predicted molar refractivity (Wildman–Crippen MR) is 81.5 cm³/mol. The summed E-state index contributed by atoms with van der Waals surface area (Å²) in [4.78, 5) is 8.31. The molecule has 1 fully saturated rings. The Labute approximate surface area is 124 Å². The van der Waals surface area contributed by atoms with Crippen molar-refractivity contribution in [3.8, 4) is 0 Å². The molecule has 1 N–H and O–H groups in total. The molecule has 0 saturated carbocycles. The lowest BCUT2D eigenvalue weighted by Crippen LogP contribution is -2.33. The van der Waals surface area contributed by atoms with Gasteiger partial charge in [-0.2, -0.15) is 16.1 Å². The minimum absolute atomic E-state index is 0.173. The molecule has 0 amide bonds. The molecule has 1 aromatic rings. The van der Waals surface area contributed by atoms with Crippen LogP contribution in [0, 0.1) is 0 Å². The average molecular weight is 316 g/mol. The maximum Gasteiger partial charge on any atom is 0.246 e. The fourth-order valence-corrected chi connectivity index (χ4v) is 4.26. The maximum absolute atomic E-state index is 12.5. The van der Waals surface area contributed by atoms with E-state index in [4.69, 9.17) is 0 Å². The zero-order valence-corrected chi connectivity index (χ0v) is 13.2. The number of rotatable bonds is 5. The maximum atomic E-state index is 12.5. The van der Waals surface area contributed by atoms with E-state index in [1.165, 1.54) is 16.7 Å². The van der Waals surface area contributed by atoms with Crippen LogP contribution in [0.5, 0.6) is 0 Å². The van der Waals surface area contributed by atoms with Gasteiger partial charge in [0.25, 0.3) is 0 Å². The molecule has 0 unspecified atom stereocenters. The summed E-state index contributed by atoms with van der Waals surface area (Å²) in [6, 6.07) is 0. The van der Waals surface area contributed by atoms with Crippen molar-refractivity contribution < 1.29 is 8.42 Å². The Bertz CT molecular complexity index is 511. The zero-order valence-electron chi connectivity index (χ0n) is 11.6. The van der Waals surface area contributed by atoms with Crippen molar-refractivity contribution in [2.75, 3.05) is 36.5 Å². The number of sulfonamides is 1. The molecule has 1 aliphatic heterocycles. The first-order valence-corrected chi connectivity index (χ1v) is 9.38. The highest BCUT2D eigenvalue weighted by molar-refractivity contribution is 7.99. The molecule has 0 atom stereocenters. The Hall–Kier alpha value is -0.860. The normalized spacial score (nSPS) is 17.6. The third-order valence-electron chi connectivity index (χ3n) is 2.98. The Morgan fingerprint density at radius 2 is 2.05 bits per heavy atom. The SMILES string of the molecule is CCCNc1ncc(S(=O)(=O)N2CCCSCC2)cn1. The van der Waals surface area contributed by atoms with E-state index < -0.39 is 10.0 Å². The minimum atomic E-state index is -3.46. The summed E-state index contributed by atoms with van der Waals surface area (Å²) >= 11 is 1.79. The molecule has 0 aliphatic carbocycles. The number of nitrogens with zero attached hydrogens (tertiary/aromatic N) is 3. The van der Waals surface area contributed by atoms with Crippen LogP contribution in [0.3, 0.4) is 0 Å². The van der Waals surface area contributed by atoms with Gasteiger partial charge in [-0.05, 0) is 18.6 Å². The first kappa shape index (κ1) is 15.5. The van der Waals surface area contributed by atoms with E-state index in [-0.39, 0.29) is 4.90 Å². The van der Waals surface area contributed by atoms with E-state index in [2.05, 4.69) is 15.3 Å². The second kappa shape index (κ2) is 7.24. The number of nitrogens with one attached hydrogen (secondary N) is 1. The van der Waals surface area contributed by atoms with Gasteiger partial charge in [-0.3, -0.25) is 0 Å². The van der Waals surface area contributed by atoms with Crippen LogP contribution < -0.4 is 5.32 Å². The van der Waals surface area contributed by atoms with E-state index in [1.807, 2.05) is 6.92 Å². The average Bonchev–Trinajstić information content (AvgIpc) is 2.75. The summed E-state index contributed by atoms with van der Waals surface area (Å²) in [6.45, 7) is 3.95. The summed E-state index contributed by atoms with van der Waals surface area (Å²) in [5.41, 5.74) is 0.